The van der Waals surface area contributed by atoms with Gasteiger partial charge in [0.2, 0.25) is 5.91 Å². The van der Waals surface area contributed by atoms with E-state index in [1.54, 1.807) is 0 Å². The molecule has 1 aromatic rings. The Labute approximate surface area is 170 Å². The molecule has 0 saturated carbocycles. The van der Waals surface area contributed by atoms with Crippen molar-refractivity contribution in [1.29, 1.82) is 0 Å². The highest BCUT2D eigenvalue weighted by atomic mass is 16.2. The molecular formula is C22H39N5O. The quantitative estimate of drug-likeness (QED) is 0.776. The van der Waals surface area contributed by atoms with Crippen molar-refractivity contribution in [2.24, 2.45) is 13.0 Å². The van der Waals surface area contributed by atoms with Crippen LogP contribution in [-0.2, 0) is 18.4 Å². The zero-order valence-electron chi connectivity index (χ0n) is 18.7. The van der Waals surface area contributed by atoms with Gasteiger partial charge in [0.25, 0.3) is 0 Å². The smallest absolute Gasteiger partial charge is 0.227 e. The maximum Gasteiger partial charge on any atom is 0.227 e. The summed E-state index contributed by atoms with van der Waals surface area (Å²) in [6.45, 7) is 13.8. The molecule has 0 spiro atoms. The minimum absolute atomic E-state index is 0.138. The Morgan fingerprint density at radius 3 is 2.43 bits per heavy atom. The summed E-state index contributed by atoms with van der Waals surface area (Å²) in [5.41, 5.74) is 3.37. The number of likely N-dealkylation sites (tertiary alicyclic amines) is 2. The standard InChI is InChI=1S/C22H39N5O/c1-16(2)26-12-9-20(10-13-26)27-11-7-8-19(14-27)22(28)24(5)15-21-17(3)23-25(6)18(21)4/h16,19-20H,7-15H2,1-6H3. The van der Waals surface area contributed by atoms with Gasteiger partial charge in [-0.25, -0.2) is 0 Å². The van der Waals surface area contributed by atoms with E-state index in [-0.39, 0.29) is 5.92 Å². The molecule has 1 amide bonds. The van der Waals surface area contributed by atoms with Crippen LogP contribution in [0.1, 0.15) is 56.5 Å². The molecule has 2 aliphatic heterocycles. The van der Waals surface area contributed by atoms with E-state index in [2.05, 4.69) is 35.7 Å². The average molecular weight is 390 g/mol. The zero-order chi connectivity index (χ0) is 20.4. The van der Waals surface area contributed by atoms with Gasteiger partial charge in [0.1, 0.15) is 0 Å². The van der Waals surface area contributed by atoms with Crippen LogP contribution in [0.5, 0.6) is 0 Å². The molecule has 1 atom stereocenters. The van der Waals surface area contributed by atoms with Crippen molar-refractivity contribution >= 4 is 5.91 Å². The van der Waals surface area contributed by atoms with Crippen molar-refractivity contribution in [3.8, 4) is 0 Å². The third kappa shape index (κ3) is 4.60. The topological polar surface area (TPSA) is 44.6 Å². The summed E-state index contributed by atoms with van der Waals surface area (Å²) in [5.74, 6) is 0.436. The lowest BCUT2D eigenvalue weighted by Gasteiger charge is -2.43. The zero-order valence-corrected chi connectivity index (χ0v) is 18.7. The third-order valence-electron chi connectivity index (χ3n) is 6.98. The van der Waals surface area contributed by atoms with Crippen LogP contribution in [0, 0.1) is 19.8 Å². The fourth-order valence-electron chi connectivity index (χ4n) is 4.98. The summed E-state index contributed by atoms with van der Waals surface area (Å²) in [7, 11) is 3.92. The van der Waals surface area contributed by atoms with E-state index in [0.717, 1.165) is 37.3 Å². The van der Waals surface area contributed by atoms with Gasteiger partial charge in [-0.15, -0.1) is 0 Å². The van der Waals surface area contributed by atoms with Crippen molar-refractivity contribution < 1.29 is 4.79 Å². The number of aromatic nitrogens is 2. The maximum absolute atomic E-state index is 13.2. The lowest BCUT2D eigenvalue weighted by molar-refractivity contribution is -0.137. The Bertz CT molecular complexity index is 675. The Balaban J connectivity index is 1.57. The number of nitrogens with zero attached hydrogens (tertiary/aromatic N) is 5. The molecule has 6 nitrogen and oxygen atoms in total. The Morgan fingerprint density at radius 2 is 1.86 bits per heavy atom. The maximum atomic E-state index is 13.2. The summed E-state index contributed by atoms with van der Waals surface area (Å²) >= 11 is 0. The van der Waals surface area contributed by atoms with Gasteiger partial charge in [-0.3, -0.25) is 14.4 Å². The number of carbonyl (C=O) groups is 1. The number of aryl methyl sites for hydroxylation is 2. The van der Waals surface area contributed by atoms with Crippen LogP contribution in [0.4, 0.5) is 0 Å². The Kier molecular flexibility index (Phi) is 6.81. The third-order valence-corrected chi connectivity index (χ3v) is 6.98. The van der Waals surface area contributed by atoms with Crippen LogP contribution < -0.4 is 0 Å². The van der Waals surface area contributed by atoms with Crippen LogP contribution in [-0.4, -0.2) is 75.7 Å². The fourth-order valence-corrected chi connectivity index (χ4v) is 4.98. The van der Waals surface area contributed by atoms with Crippen LogP contribution in [0.25, 0.3) is 0 Å². The van der Waals surface area contributed by atoms with Crippen molar-refractivity contribution in [3.63, 3.8) is 0 Å². The molecule has 2 aliphatic rings. The number of amides is 1. The highest BCUT2D eigenvalue weighted by Gasteiger charge is 2.33. The van der Waals surface area contributed by atoms with Gasteiger partial charge in [-0.1, -0.05) is 0 Å². The molecule has 3 heterocycles. The van der Waals surface area contributed by atoms with Crippen molar-refractivity contribution in [3.05, 3.63) is 17.0 Å². The van der Waals surface area contributed by atoms with Gasteiger partial charge in [-0.05, 0) is 73.0 Å². The van der Waals surface area contributed by atoms with E-state index in [9.17, 15) is 4.79 Å². The predicted molar refractivity (Wildman–Crippen MR) is 113 cm³/mol. The monoisotopic (exact) mass is 389 g/mol. The summed E-state index contributed by atoms with van der Waals surface area (Å²) in [6, 6.07) is 1.29. The first kappa shape index (κ1) is 21.3. The molecule has 1 aromatic heterocycles. The van der Waals surface area contributed by atoms with Crippen LogP contribution in [0.2, 0.25) is 0 Å². The highest BCUT2D eigenvalue weighted by molar-refractivity contribution is 5.79. The van der Waals surface area contributed by atoms with Gasteiger partial charge in [0.05, 0.1) is 11.6 Å². The first-order valence-corrected chi connectivity index (χ1v) is 11.0. The molecule has 158 valence electrons. The predicted octanol–water partition coefficient (Wildman–Crippen LogP) is 2.58. The number of carbonyl (C=O) groups excluding carboxylic acids is 1. The largest absolute Gasteiger partial charge is 0.341 e. The molecule has 0 radical (unpaired) electrons. The first-order chi connectivity index (χ1) is 13.3. The van der Waals surface area contributed by atoms with Crippen LogP contribution in [0.3, 0.4) is 0 Å². The minimum atomic E-state index is 0.138. The lowest BCUT2D eigenvalue weighted by Crippen LogP contribution is -2.51. The lowest BCUT2D eigenvalue weighted by atomic mass is 9.92. The second-order valence-electron chi connectivity index (χ2n) is 9.16. The SMILES string of the molecule is Cc1nn(C)c(C)c1CN(C)C(=O)C1CCCN(C2CCN(C(C)C)CC2)C1. The summed E-state index contributed by atoms with van der Waals surface area (Å²) in [6.07, 6.45) is 4.64. The summed E-state index contributed by atoms with van der Waals surface area (Å²) < 4.78 is 1.91. The van der Waals surface area contributed by atoms with E-state index in [1.807, 2.05) is 30.6 Å². The van der Waals surface area contributed by atoms with Crippen molar-refractivity contribution in [2.45, 2.75) is 72.0 Å². The highest BCUT2D eigenvalue weighted by Crippen LogP contribution is 2.26. The van der Waals surface area contributed by atoms with Crippen molar-refractivity contribution in [1.82, 2.24) is 24.5 Å². The minimum Gasteiger partial charge on any atom is -0.341 e. The number of rotatable bonds is 5. The second kappa shape index (κ2) is 8.95. The van der Waals surface area contributed by atoms with E-state index >= 15 is 0 Å². The first-order valence-electron chi connectivity index (χ1n) is 11.0. The molecule has 2 saturated heterocycles. The van der Waals surface area contributed by atoms with E-state index in [4.69, 9.17) is 0 Å². The van der Waals surface area contributed by atoms with Crippen LogP contribution >= 0.6 is 0 Å². The molecule has 3 rings (SSSR count). The fraction of sp³-hybridized carbons (Fsp3) is 0.818. The number of hydrogen-bond donors (Lipinski definition) is 0. The van der Waals surface area contributed by atoms with Gasteiger partial charge >= 0.3 is 0 Å². The summed E-state index contributed by atoms with van der Waals surface area (Å²) in [5, 5.41) is 4.49. The molecule has 0 N–H and O–H groups in total. The number of piperidine rings is 2. The normalized spacial score (nSPS) is 22.8. The Morgan fingerprint density at radius 1 is 1.18 bits per heavy atom. The van der Waals surface area contributed by atoms with E-state index in [0.29, 0.717) is 24.5 Å². The average Bonchev–Trinajstić information content (AvgIpc) is 2.93. The molecule has 6 heteroatoms. The van der Waals surface area contributed by atoms with Crippen LogP contribution in [0.15, 0.2) is 0 Å². The molecule has 0 aliphatic carbocycles. The van der Waals surface area contributed by atoms with E-state index in [1.165, 1.54) is 31.5 Å². The molecule has 0 bridgehead atoms. The second-order valence-corrected chi connectivity index (χ2v) is 9.16. The van der Waals surface area contributed by atoms with Gasteiger partial charge in [0, 0.05) is 50.5 Å². The molecule has 0 aromatic carbocycles. The summed E-state index contributed by atoms with van der Waals surface area (Å²) in [4.78, 5) is 20.3. The molecular weight excluding hydrogens is 350 g/mol. The number of hydrogen-bond acceptors (Lipinski definition) is 4. The van der Waals surface area contributed by atoms with Crippen molar-refractivity contribution in [2.75, 3.05) is 33.2 Å². The molecule has 28 heavy (non-hydrogen) atoms. The molecule has 2 fully saturated rings. The van der Waals surface area contributed by atoms with Gasteiger partial charge in [0.15, 0.2) is 0 Å². The molecule has 1 unspecified atom stereocenters. The van der Waals surface area contributed by atoms with Gasteiger partial charge in [-0.2, -0.15) is 5.10 Å². The van der Waals surface area contributed by atoms with E-state index < -0.39 is 0 Å². The van der Waals surface area contributed by atoms with Gasteiger partial charge < -0.3 is 9.80 Å². The Hall–Kier alpha value is -1.40.